The number of sulfonamides is 1. The zero-order valence-electron chi connectivity index (χ0n) is 16.8. The van der Waals surface area contributed by atoms with Gasteiger partial charge in [-0.3, -0.25) is 4.72 Å². The number of aliphatic hydroxyl groups is 2. The number of halogens is 1. The minimum Gasteiger partial charge on any atom is -0.364 e. The number of rotatable bonds is 6. The minimum absolute atomic E-state index is 0.0246. The summed E-state index contributed by atoms with van der Waals surface area (Å²) in [4.78, 5) is 0.0246. The molecule has 7 nitrogen and oxygen atoms in total. The first kappa shape index (κ1) is 22.1. The zero-order valence-corrected chi connectivity index (χ0v) is 18.4. The van der Waals surface area contributed by atoms with Crippen LogP contribution in [0.1, 0.15) is 72.6 Å². The zero-order chi connectivity index (χ0) is 22.2. The van der Waals surface area contributed by atoms with E-state index in [-0.39, 0.29) is 33.0 Å². The van der Waals surface area contributed by atoms with Gasteiger partial charge in [0.2, 0.25) is 0 Å². The molecule has 164 valence electrons. The highest BCUT2D eigenvalue weighted by Gasteiger charge is 2.32. The summed E-state index contributed by atoms with van der Waals surface area (Å²) >= 11 is 6.26. The molecule has 1 aliphatic carbocycles. The summed E-state index contributed by atoms with van der Waals surface area (Å²) in [6.45, 7) is 0.816. The summed E-state index contributed by atoms with van der Waals surface area (Å²) in [5.41, 5.74) is 1.94. The van der Waals surface area contributed by atoms with Gasteiger partial charge >= 0.3 is 0 Å². The first-order valence-corrected chi connectivity index (χ1v) is 12.2. The van der Waals surface area contributed by atoms with Gasteiger partial charge in [0.05, 0.1) is 21.2 Å². The second-order valence-corrected chi connectivity index (χ2v) is 10.1. The van der Waals surface area contributed by atoms with Crippen molar-refractivity contribution in [2.24, 2.45) is 0 Å². The lowest BCUT2D eigenvalue weighted by atomic mass is 9.95. The van der Waals surface area contributed by atoms with Crippen LogP contribution in [0.5, 0.6) is 0 Å². The molecule has 2 aromatic rings. The number of nitriles is 1. The van der Waals surface area contributed by atoms with E-state index in [0.717, 1.165) is 38.6 Å². The standard InChI is InChI=1S/C22H24ClN3O4S/c23-18-11-17(19-3-1-2-8-25-19)20(9-15(18)12-24)26-31(29,30)21-10-14(22(27)28)6-7-16(21)13-4-5-13/h6-7,9-11,13,19,22,25-28H,1-5,8H2. The van der Waals surface area contributed by atoms with Crippen LogP contribution in [-0.4, -0.2) is 25.2 Å². The fourth-order valence-corrected chi connectivity index (χ4v) is 5.67. The Bertz CT molecular complexity index is 1130. The van der Waals surface area contributed by atoms with Gasteiger partial charge in [-0.1, -0.05) is 30.2 Å². The van der Waals surface area contributed by atoms with Crippen LogP contribution in [0.4, 0.5) is 5.69 Å². The molecule has 1 atom stereocenters. The fraction of sp³-hybridized carbons (Fsp3) is 0.409. The van der Waals surface area contributed by atoms with Crippen LogP contribution < -0.4 is 10.0 Å². The number of nitrogens with zero attached hydrogens (tertiary/aromatic N) is 1. The van der Waals surface area contributed by atoms with Gasteiger partial charge in [0.25, 0.3) is 10.0 Å². The highest BCUT2D eigenvalue weighted by atomic mass is 35.5. The van der Waals surface area contributed by atoms with E-state index in [0.29, 0.717) is 16.8 Å². The molecule has 9 heteroatoms. The van der Waals surface area contributed by atoms with Crippen molar-refractivity contribution in [1.82, 2.24) is 5.32 Å². The summed E-state index contributed by atoms with van der Waals surface area (Å²) in [6.07, 6.45) is 2.88. The molecular weight excluding hydrogens is 438 g/mol. The van der Waals surface area contributed by atoms with Gasteiger partial charge in [0.1, 0.15) is 6.07 Å². The second kappa shape index (κ2) is 8.77. The lowest BCUT2D eigenvalue weighted by molar-refractivity contribution is -0.0426. The first-order chi connectivity index (χ1) is 14.8. The quantitative estimate of drug-likeness (QED) is 0.486. The number of nitrogens with one attached hydrogen (secondary N) is 2. The van der Waals surface area contributed by atoms with Gasteiger partial charge in [-0.05, 0) is 67.5 Å². The number of aliphatic hydroxyl groups excluding tert-OH is 1. The van der Waals surface area contributed by atoms with Crippen molar-refractivity contribution in [3.8, 4) is 6.07 Å². The Labute approximate surface area is 186 Å². The van der Waals surface area contributed by atoms with E-state index in [4.69, 9.17) is 11.6 Å². The molecule has 31 heavy (non-hydrogen) atoms. The summed E-state index contributed by atoms with van der Waals surface area (Å²) in [5.74, 6) is 0.135. The summed E-state index contributed by atoms with van der Waals surface area (Å²) < 4.78 is 29.5. The van der Waals surface area contributed by atoms with Crippen molar-refractivity contribution in [3.63, 3.8) is 0 Å². The van der Waals surface area contributed by atoms with Gasteiger partial charge in [0.15, 0.2) is 6.29 Å². The third-order valence-electron chi connectivity index (χ3n) is 5.83. The molecule has 4 N–H and O–H groups in total. The summed E-state index contributed by atoms with van der Waals surface area (Å²) in [7, 11) is -4.06. The Hall–Kier alpha value is -2.15. The Morgan fingerprint density at radius 1 is 1.13 bits per heavy atom. The monoisotopic (exact) mass is 461 g/mol. The predicted octanol–water partition coefficient (Wildman–Crippen LogP) is 3.69. The molecule has 1 saturated heterocycles. The maximum atomic E-state index is 13.4. The molecule has 4 rings (SSSR count). The van der Waals surface area contributed by atoms with Crippen molar-refractivity contribution < 1.29 is 18.6 Å². The van der Waals surface area contributed by atoms with Crippen LogP contribution in [0.25, 0.3) is 0 Å². The average molecular weight is 462 g/mol. The van der Waals surface area contributed by atoms with Crippen molar-refractivity contribution in [3.05, 3.63) is 57.6 Å². The Morgan fingerprint density at radius 3 is 2.52 bits per heavy atom. The highest BCUT2D eigenvalue weighted by molar-refractivity contribution is 7.92. The van der Waals surface area contributed by atoms with E-state index < -0.39 is 16.3 Å². The van der Waals surface area contributed by atoms with Crippen LogP contribution in [-0.2, 0) is 10.0 Å². The van der Waals surface area contributed by atoms with E-state index >= 15 is 0 Å². The van der Waals surface area contributed by atoms with E-state index in [9.17, 15) is 23.9 Å². The Balaban J connectivity index is 1.78. The maximum absolute atomic E-state index is 13.4. The van der Waals surface area contributed by atoms with E-state index in [1.165, 1.54) is 18.2 Å². The third-order valence-corrected chi connectivity index (χ3v) is 7.57. The van der Waals surface area contributed by atoms with Gasteiger partial charge in [-0.15, -0.1) is 0 Å². The van der Waals surface area contributed by atoms with Crippen LogP contribution in [0.2, 0.25) is 5.02 Å². The highest BCUT2D eigenvalue weighted by Crippen LogP contribution is 2.44. The Morgan fingerprint density at radius 2 is 1.90 bits per heavy atom. The molecule has 0 amide bonds. The normalized spacial score (nSPS) is 19.3. The Kier molecular flexibility index (Phi) is 6.24. The minimum atomic E-state index is -4.06. The third kappa shape index (κ3) is 4.71. The van der Waals surface area contributed by atoms with Gasteiger partial charge in [-0.2, -0.15) is 5.26 Å². The largest absolute Gasteiger partial charge is 0.364 e. The second-order valence-electron chi connectivity index (χ2n) is 8.08. The molecule has 0 aromatic heterocycles. The molecule has 1 unspecified atom stereocenters. The smallest absolute Gasteiger partial charge is 0.262 e. The lowest BCUT2D eigenvalue weighted by Crippen LogP contribution is -2.28. The summed E-state index contributed by atoms with van der Waals surface area (Å²) in [6, 6.07) is 9.52. The van der Waals surface area contributed by atoms with Crippen LogP contribution >= 0.6 is 11.6 Å². The van der Waals surface area contributed by atoms with Crippen molar-refractivity contribution in [2.75, 3.05) is 11.3 Å². The summed E-state index contributed by atoms with van der Waals surface area (Å²) in [5, 5.41) is 32.1. The lowest BCUT2D eigenvalue weighted by Gasteiger charge is -2.27. The van der Waals surface area contributed by atoms with E-state index in [1.54, 1.807) is 12.1 Å². The number of benzene rings is 2. The van der Waals surface area contributed by atoms with Gasteiger partial charge in [-0.25, -0.2) is 8.42 Å². The van der Waals surface area contributed by atoms with Gasteiger partial charge < -0.3 is 15.5 Å². The molecule has 0 bridgehead atoms. The first-order valence-electron chi connectivity index (χ1n) is 10.3. The molecule has 1 heterocycles. The number of anilines is 1. The molecule has 2 aromatic carbocycles. The van der Waals surface area contributed by atoms with Crippen molar-refractivity contribution >= 4 is 27.3 Å². The fourth-order valence-electron chi connectivity index (χ4n) is 4.04. The molecular formula is C22H24ClN3O4S. The molecule has 2 fully saturated rings. The molecule has 1 aliphatic heterocycles. The van der Waals surface area contributed by atoms with Crippen LogP contribution in [0, 0.1) is 11.3 Å². The van der Waals surface area contributed by atoms with Gasteiger partial charge in [0, 0.05) is 11.6 Å². The molecule has 0 radical (unpaired) electrons. The number of piperidine rings is 1. The number of hydrogen-bond donors (Lipinski definition) is 4. The van der Waals surface area contributed by atoms with Crippen LogP contribution in [0.15, 0.2) is 35.2 Å². The molecule has 2 aliphatic rings. The molecule has 0 spiro atoms. The molecule has 1 saturated carbocycles. The van der Waals surface area contributed by atoms with Crippen molar-refractivity contribution in [1.29, 1.82) is 5.26 Å². The predicted molar refractivity (Wildman–Crippen MR) is 117 cm³/mol. The average Bonchev–Trinajstić information content (AvgIpc) is 3.60. The van der Waals surface area contributed by atoms with E-state index in [1.807, 2.05) is 6.07 Å². The maximum Gasteiger partial charge on any atom is 0.262 e. The SMILES string of the molecule is N#Cc1cc(NS(=O)(=O)c2cc(C(O)O)ccc2C2CC2)c(C2CCCCN2)cc1Cl. The van der Waals surface area contributed by atoms with E-state index in [2.05, 4.69) is 10.0 Å². The number of hydrogen-bond acceptors (Lipinski definition) is 6. The van der Waals surface area contributed by atoms with Crippen LogP contribution in [0.3, 0.4) is 0 Å². The topological polar surface area (TPSA) is 122 Å². The van der Waals surface area contributed by atoms with Crippen molar-refractivity contribution in [2.45, 2.75) is 55.2 Å².